The van der Waals surface area contributed by atoms with Crippen LogP contribution in [0.1, 0.15) is 5.56 Å². The Hall–Kier alpha value is -2.80. The summed E-state index contributed by atoms with van der Waals surface area (Å²) in [4.78, 5) is 22.6. The molecule has 5 rings (SSSR count). The van der Waals surface area contributed by atoms with Crippen LogP contribution in [-0.4, -0.2) is 55.2 Å². The third-order valence-corrected chi connectivity index (χ3v) is 6.84. The SMILES string of the molecule is O=C(Cc1cccc2ccccc12)N(CCN1CCOCC1)c1nc2ccccc2s1. The lowest BCUT2D eigenvalue weighted by Gasteiger charge is -2.29. The van der Waals surface area contributed by atoms with Crippen molar-refractivity contribution >= 4 is 43.4 Å². The first-order valence-corrected chi connectivity index (χ1v) is 11.5. The molecule has 4 aromatic rings. The highest BCUT2D eigenvalue weighted by molar-refractivity contribution is 7.22. The molecule has 0 aliphatic carbocycles. The number of carbonyl (C=O) groups is 1. The summed E-state index contributed by atoms with van der Waals surface area (Å²) in [7, 11) is 0. The van der Waals surface area contributed by atoms with Gasteiger partial charge >= 0.3 is 0 Å². The van der Waals surface area contributed by atoms with E-state index in [4.69, 9.17) is 9.72 Å². The highest BCUT2D eigenvalue weighted by Gasteiger charge is 2.22. The van der Waals surface area contributed by atoms with Gasteiger partial charge in [0.2, 0.25) is 5.91 Å². The molecule has 0 spiro atoms. The molecule has 0 radical (unpaired) electrons. The van der Waals surface area contributed by atoms with Crippen molar-refractivity contribution in [1.82, 2.24) is 9.88 Å². The number of morpholine rings is 1. The molecule has 0 unspecified atom stereocenters. The van der Waals surface area contributed by atoms with Gasteiger partial charge in [0.05, 0.1) is 29.9 Å². The predicted molar refractivity (Wildman–Crippen MR) is 127 cm³/mol. The largest absolute Gasteiger partial charge is 0.379 e. The van der Waals surface area contributed by atoms with Gasteiger partial charge in [0.25, 0.3) is 0 Å². The Morgan fingerprint density at radius 3 is 2.65 bits per heavy atom. The summed E-state index contributed by atoms with van der Waals surface area (Å²) in [5.41, 5.74) is 2.00. The van der Waals surface area contributed by atoms with Crippen LogP contribution in [-0.2, 0) is 16.0 Å². The number of anilines is 1. The molecule has 1 amide bonds. The van der Waals surface area contributed by atoms with E-state index in [1.807, 2.05) is 41.3 Å². The molecule has 1 saturated heterocycles. The van der Waals surface area contributed by atoms with E-state index < -0.39 is 0 Å². The minimum Gasteiger partial charge on any atom is -0.379 e. The van der Waals surface area contributed by atoms with Crippen LogP contribution in [0.25, 0.3) is 21.0 Å². The number of carbonyl (C=O) groups excluding carboxylic acids is 1. The lowest BCUT2D eigenvalue weighted by Crippen LogP contribution is -2.43. The molecule has 6 heteroatoms. The van der Waals surface area contributed by atoms with Gasteiger partial charge in [-0.3, -0.25) is 14.6 Å². The number of hydrogen-bond acceptors (Lipinski definition) is 5. The lowest BCUT2D eigenvalue weighted by molar-refractivity contribution is -0.118. The summed E-state index contributed by atoms with van der Waals surface area (Å²) in [5.74, 6) is 0.0867. The summed E-state index contributed by atoms with van der Waals surface area (Å²) in [6.07, 6.45) is 0.361. The second-order valence-corrected chi connectivity index (χ2v) is 8.79. The Morgan fingerprint density at radius 2 is 1.77 bits per heavy atom. The molecule has 2 heterocycles. The van der Waals surface area contributed by atoms with Gasteiger partial charge in [-0.25, -0.2) is 4.98 Å². The van der Waals surface area contributed by atoms with Gasteiger partial charge in [-0.05, 0) is 28.5 Å². The first-order chi connectivity index (χ1) is 15.3. The zero-order valence-corrected chi connectivity index (χ0v) is 18.2. The van der Waals surface area contributed by atoms with Gasteiger partial charge in [0.1, 0.15) is 0 Å². The molecule has 1 aliphatic rings. The molecule has 0 N–H and O–H groups in total. The van der Waals surface area contributed by atoms with E-state index in [9.17, 15) is 4.79 Å². The van der Waals surface area contributed by atoms with Crippen LogP contribution in [0.4, 0.5) is 5.13 Å². The van der Waals surface area contributed by atoms with Gasteiger partial charge in [-0.1, -0.05) is 65.9 Å². The van der Waals surface area contributed by atoms with Crippen molar-refractivity contribution in [2.75, 3.05) is 44.3 Å². The van der Waals surface area contributed by atoms with Gasteiger partial charge in [-0.15, -0.1) is 0 Å². The maximum atomic E-state index is 13.6. The lowest BCUT2D eigenvalue weighted by atomic mass is 10.0. The van der Waals surface area contributed by atoms with Crippen LogP contribution < -0.4 is 4.90 Å². The van der Waals surface area contributed by atoms with E-state index in [0.29, 0.717) is 13.0 Å². The zero-order chi connectivity index (χ0) is 21.0. The number of para-hydroxylation sites is 1. The Morgan fingerprint density at radius 1 is 1.00 bits per heavy atom. The normalized spacial score (nSPS) is 14.8. The maximum Gasteiger partial charge on any atom is 0.233 e. The molecular formula is C25H25N3O2S. The molecule has 1 fully saturated rings. The smallest absolute Gasteiger partial charge is 0.233 e. The van der Waals surface area contributed by atoms with Crippen LogP contribution in [0, 0.1) is 0 Å². The fourth-order valence-corrected chi connectivity index (χ4v) is 5.08. The first-order valence-electron chi connectivity index (χ1n) is 10.7. The number of fused-ring (bicyclic) bond motifs is 2. The monoisotopic (exact) mass is 431 g/mol. The van der Waals surface area contributed by atoms with Crippen LogP contribution in [0.5, 0.6) is 0 Å². The zero-order valence-electron chi connectivity index (χ0n) is 17.4. The maximum absolute atomic E-state index is 13.6. The van der Waals surface area contributed by atoms with Crippen molar-refractivity contribution < 1.29 is 9.53 Å². The van der Waals surface area contributed by atoms with Crippen molar-refractivity contribution in [3.63, 3.8) is 0 Å². The Kier molecular flexibility index (Phi) is 5.93. The van der Waals surface area contributed by atoms with Crippen molar-refractivity contribution in [2.24, 2.45) is 0 Å². The molecule has 1 aromatic heterocycles. The molecule has 1 aliphatic heterocycles. The number of amides is 1. The molecule has 0 bridgehead atoms. The highest BCUT2D eigenvalue weighted by atomic mass is 32.1. The van der Waals surface area contributed by atoms with Gasteiger partial charge < -0.3 is 4.74 Å². The highest BCUT2D eigenvalue weighted by Crippen LogP contribution is 2.29. The molecule has 158 valence electrons. The molecule has 0 saturated carbocycles. The Bertz CT molecular complexity index is 1160. The Labute approximate surface area is 185 Å². The van der Waals surface area contributed by atoms with E-state index in [0.717, 1.165) is 64.5 Å². The van der Waals surface area contributed by atoms with E-state index >= 15 is 0 Å². The van der Waals surface area contributed by atoms with Crippen LogP contribution in [0.2, 0.25) is 0 Å². The Balaban J connectivity index is 1.42. The summed E-state index contributed by atoms with van der Waals surface area (Å²) in [5, 5.41) is 3.07. The van der Waals surface area contributed by atoms with Crippen molar-refractivity contribution in [1.29, 1.82) is 0 Å². The number of ether oxygens (including phenoxy) is 1. The quantitative estimate of drug-likeness (QED) is 0.455. The topological polar surface area (TPSA) is 45.7 Å². The average molecular weight is 432 g/mol. The van der Waals surface area contributed by atoms with Gasteiger partial charge in [0.15, 0.2) is 5.13 Å². The van der Waals surface area contributed by atoms with Crippen molar-refractivity contribution in [3.8, 4) is 0 Å². The fourth-order valence-electron chi connectivity index (χ4n) is 4.07. The fraction of sp³-hybridized carbons (Fsp3) is 0.280. The number of thiazole rings is 1. The number of benzene rings is 3. The van der Waals surface area contributed by atoms with Crippen molar-refractivity contribution in [3.05, 3.63) is 72.3 Å². The van der Waals surface area contributed by atoms with Crippen LogP contribution >= 0.6 is 11.3 Å². The second kappa shape index (κ2) is 9.14. The molecule has 31 heavy (non-hydrogen) atoms. The van der Waals surface area contributed by atoms with E-state index in [1.165, 1.54) is 0 Å². The predicted octanol–water partition coefficient (Wildman–Crippen LogP) is 4.36. The minimum absolute atomic E-state index is 0.0867. The summed E-state index contributed by atoms with van der Waals surface area (Å²) in [6, 6.07) is 22.5. The molecule has 0 atom stereocenters. The molecular weight excluding hydrogens is 406 g/mol. The third-order valence-electron chi connectivity index (χ3n) is 5.78. The standard InChI is InChI=1S/C25H25N3O2S/c29-24(18-20-8-5-7-19-6-1-2-9-21(19)20)28(13-12-27-14-16-30-17-15-27)25-26-22-10-3-4-11-23(22)31-25/h1-11H,12-18H2. The summed E-state index contributed by atoms with van der Waals surface area (Å²) >= 11 is 1.59. The number of aromatic nitrogens is 1. The van der Waals surface area contributed by atoms with E-state index in [1.54, 1.807) is 11.3 Å². The molecule has 3 aromatic carbocycles. The van der Waals surface area contributed by atoms with E-state index in [-0.39, 0.29) is 5.91 Å². The van der Waals surface area contributed by atoms with Crippen LogP contribution in [0.3, 0.4) is 0 Å². The minimum atomic E-state index is 0.0867. The summed E-state index contributed by atoms with van der Waals surface area (Å²) in [6.45, 7) is 4.77. The van der Waals surface area contributed by atoms with Gasteiger partial charge in [0, 0.05) is 26.2 Å². The first kappa shape index (κ1) is 20.1. The van der Waals surface area contributed by atoms with Gasteiger partial charge in [-0.2, -0.15) is 0 Å². The number of rotatable bonds is 6. The third kappa shape index (κ3) is 4.46. The number of hydrogen-bond donors (Lipinski definition) is 0. The van der Waals surface area contributed by atoms with Crippen LogP contribution in [0.15, 0.2) is 66.7 Å². The second-order valence-electron chi connectivity index (χ2n) is 7.78. The molecule has 5 nitrogen and oxygen atoms in total. The number of nitrogens with zero attached hydrogens (tertiary/aromatic N) is 3. The summed E-state index contributed by atoms with van der Waals surface area (Å²) < 4.78 is 6.57. The average Bonchev–Trinajstić information content (AvgIpc) is 3.24. The van der Waals surface area contributed by atoms with Crippen molar-refractivity contribution in [2.45, 2.75) is 6.42 Å². The van der Waals surface area contributed by atoms with E-state index in [2.05, 4.69) is 35.2 Å².